The number of carbonyl (C=O) groups excluding carboxylic acids is 1. The van der Waals surface area contributed by atoms with Crippen LogP contribution in [0, 0.1) is 5.92 Å². The fourth-order valence-electron chi connectivity index (χ4n) is 2.64. The van der Waals surface area contributed by atoms with Gasteiger partial charge in [-0.05, 0) is 43.4 Å². The lowest BCUT2D eigenvalue weighted by Crippen LogP contribution is -2.41. The molecule has 1 saturated carbocycles. The second kappa shape index (κ2) is 6.36. The quantitative estimate of drug-likeness (QED) is 0.793. The third-order valence-corrected chi connectivity index (χ3v) is 3.98. The van der Waals surface area contributed by atoms with E-state index in [4.69, 9.17) is 0 Å². The van der Waals surface area contributed by atoms with Crippen molar-refractivity contribution in [3.05, 3.63) is 23.8 Å². The number of amides is 2. The maximum Gasteiger partial charge on any atom is 0.540 e. The van der Waals surface area contributed by atoms with Crippen molar-refractivity contribution in [2.24, 2.45) is 5.92 Å². The summed E-state index contributed by atoms with van der Waals surface area (Å²) >= 11 is 0. The molecule has 0 radical (unpaired) electrons. The van der Waals surface area contributed by atoms with Gasteiger partial charge in [0.05, 0.1) is 5.56 Å². The van der Waals surface area contributed by atoms with Crippen LogP contribution < -0.4 is 10.1 Å². The van der Waals surface area contributed by atoms with Gasteiger partial charge >= 0.3 is 18.4 Å². The van der Waals surface area contributed by atoms with Gasteiger partial charge in [-0.2, -0.15) is 8.78 Å². The van der Waals surface area contributed by atoms with Gasteiger partial charge in [0.1, 0.15) is 5.75 Å². The number of hydrogen-bond donors (Lipinski definition) is 1. The normalized spacial score (nSPS) is 20.4. The highest BCUT2D eigenvalue weighted by atomic mass is 19.3. The number of anilines is 1. The van der Waals surface area contributed by atoms with Crippen LogP contribution in [0.4, 0.5) is 28.0 Å². The molecule has 1 N–H and O–H groups in total. The second-order valence-electron chi connectivity index (χ2n) is 6.21. The average molecular weight is 362 g/mol. The van der Waals surface area contributed by atoms with Crippen LogP contribution in [-0.4, -0.2) is 30.3 Å². The molecule has 1 heterocycles. The number of benzene rings is 1. The van der Waals surface area contributed by atoms with Crippen LogP contribution in [0.3, 0.4) is 0 Å². The van der Waals surface area contributed by atoms with Gasteiger partial charge in [-0.15, -0.1) is 8.78 Å². The Morgan fingerprint density at radius 1 is 1.32 bits per heavy atom. The van der Waals surface area contributed by atoms with Crippen molar-refractivity contribution in [1.82, 2.24) is 4.90 Å². The van der Waals surface area contributed by atoms with E-state index in [0.717, 1.165) is 31.4 Å². The Bertz CT molecular complexity index is 665. The van der Waals surface area contributed by atoms with Crippen molar-refractivity contribution in [2.75, 3.05) is 18.4 Å². The highest BCUT2D eigenvalue weighted by Crippen LogP contribution is 2.46. The van der Waals surface area contributed by atoms with Crippen molar-refractivity contribution in [1.29, 1.82) is 0 Å². The third kappa shape index (κ3) is 4.15. The Hall–Kier alpha value is -2.03. The molecule has 0 spiro atoms. The molecule has 138 valence electrons. The number of fused-ring (bicyclic) bond motifs is 1. The molecule has 1 aromatic rings. The van der Waals surface area contributed by atoms with E-state index in [9.17, 15) is 22.4 Å². The zero-order valence-electron chi connectivity index (χ0n) is 13.5. The molecule has 0 unspecified atom stereocenters. The number of halogens is 4. The zero-order chi connectivity index (χ0) is 18.2. The van der Waals surface area contributed by atoms with Crippen LogP contribution in [0.15, 0.2) is 18.2 Å². The summed E-state index contributed by atoms with van der Waals surface area (Å²) in [4.78, 5) is 14.0. The summed E-state index contributed by atoms with van der Waals surface area (Å²) in [6, 6.07) is 2.65. The van der Waals surface area contributed by atoms with Gasteiger partial charge in [-0.1, -0.05) is 6.92 Å². The van der Waals surface area contributed by atoms with Crippen molar-refractivity contribution < 1.29 is 31.8 Å². The van der Waals surface area contributed by atoms with Crippen LogP contribution in [-0.2, 0) is 10.8 Å². The van der Waals surface area contributed by atoms with Gasteiger partial charge in [-0.25, -0.2) is 9.53 Å². The predicted octanol–water partition coefficient (Wildman–Crippen LogP) is 4.35. The van der Waals surface area contributed by atoms with E-state index < -0.39 is 29.7 Å². The SMILES string of the molecule is CCCN(CC1CC1)C(=O)Nc1ccc2c(c1)C(F)(F)OC(F)(F)O2. The molecule has 5 nitrogen and oxygen atoms in total. The zero-order valence-corrected chi connectivity index (χ0v) is 13.5. The first-order valence-corrected chi connectivity index (χ1v) is 8.05. The standard InChI is InChI=1S/C16H18F4N2O3/c1-2-7-22(9-10-3-4-10)14(23)21-11-5-6-13-12(8-11)15(17,18)25-16(19,20)24-13/h5-6,8,10H,2-4,7,9H2,1H3,(H,21,23). The van der Waals surface area contributed by atoms with E-state index in [1.165, 1.54) is 6.07 Å². The van der Waals surface area contributed by atoms with Gasteiger partial charge in [0, 0.05) is 18.8 Å². The minimum atomic E-state index is -4.41. The van der Waals surface area contributed by atoms with E-state index in [1.54, 1.807) is 4.90 Å². The molecule has 1 aromatic carbocycles. The Kier molecular flexibility index (Phi) is 4.52. The second-order valence-corrected chi connectivity index (χ2v) is 6.21. The van der Waals surface area contributed by atoms with Gasteiger partial charge in [0.15, 0.2) is 0 Å². The summed E-state index contributed by atoms with van der Waals surface area (Å²) in [5.74, 6) is -0.211. The summed E-state index contributed by atoms with van der Waals surface area (Å²) in [7, 11) is 0. The molecular formula is C16H18F4N2O3. The van der Waals surface area contributed by atoms with Crippen LogP contribution in [0.25, 0.3) is 0 Å². The van der Waals surface area contributed by atoms with E-state index >= 15 is 0 Å². The number of rotatable bonds is 5. The first-order valence-electron chi connectivity index (χ1n) is 8.05. The van der Waals surface area contributed by atoms with E-state index in [1.807, 2.05) is 6.92 Å². The largest absolute Gasteiger partial charge is 0.540 e. The number of ether oxygens (including phenoxy) is 2. The van der Waals surface area contributed by atoms with Crippen LogP contribution in [0.1, 0.15) is 31.7 Å². The number of urea groups is 1. The Labute approximate surface area is 141 Å². The molecular weight excluding hydrogens is 344 g/mol. The van der Waals surface area contributed by atoms with Crippen molar-refractivity contribution in [2.45, 2.75) is 38.6 Å². The minimum Gasteiger partial charge on any atom is -0.409 e. The molecule has 0 atom stereocenters. The lowest BCUT2D eigenvalue weighted by atomic mass is 10.1. The summed E-state index contributed by atoms with van der Waals surface area (Å²) < 4.78 is 61.0. The van der Waals surface area contributed by atoms with E-state index in [2.05, 4.69) is 14.8 Å². The Morgan fingerprint density at radius 3 is 2.68 bits per heavy atom. The topological polar surface area (TPSA) is 50.8 Å². The highest BCUT2D eigenvalue weighted by Gasteiger charge is 2.54. The molecule has 9 heteroatoms. The van der Waals surface area contributed by atoms with Gasteiger partial charge in [-0.3, -0.25) is 0 Å². The molecule has 0 saturated heterocycles. The number of nitrogens with one attached hydrogen (secondary N) is 1. The summed E-state index contributed by atoms with van der Waals surface area (Å²) in [5.41, 5.74) is -0.807. The molecule has 0 bridgehead atoms. The molecule has 1 aliphatic carbocycles. The Morgan fingerprint density at radius 2 is 2.04 bits per heavy atom. The summed E-state index contributed by atoms with van der Waals surface area (Å²) in [6.45, 7) is 3.09. The van der Waals surface area contributed by atoms with Crippen LogP contribution in [0.5, 0.6) is 5.75 Å². The molecule has 1 aliphatic heterocycles. The van der Waals surface area contributed by atoms with Gasteiger partial charge in [0.25, 0.3) is 0 Å². The molecule has 25 heavy (non-hydrogen) atoms. The van der Waals surface area contributed by atoms with Gasteiger partial charge in [0.2, 0.25) is 0 Å². The van der Waals surface area contributed by atoms with Crippen molar-refractivity contribution >= 4 is 11.7 Å². The highest BCUT2D eigenvalue weighted by molar-refractivity contribution is 5.89. The molecule has 3 rings (SSSR count). The molecule has 2 aliphatic rings. The Balaban J connectivity index is 1.76. The number of carbonyl (C=O) groups is 1. The number of hydrogen-bond acceptors (Lipinski definition) is 3. The number of alkyl halides is 4. The predicted molar refractivity (Wildman–Crippen MR) is 80.6 cm³/mol. The monoisotopic (exact) mass is 362 g/mol. The van der Waals surface area contributed by atoms with E-state index in [0.29, 0.717) is 19.0 Å². The fourth-order valence-corrected chi connectivity index (χ4v) is 2.64. The lowest BCUT2D eigenvalue weighted by molar-refractivity contribution is -0.461. The van der Waals surface area contributed by atoms with Crippen LogP contribution in [0.2, 0.25) is 0 Å². The molecule has 0 aromatic heterocycles. The van der Waals surface area contributed by atoms with Crippen LogP contribution >= 0.6 is 0 Å². The van der Waals surface area contributed by atoms with Crippen molar-refractivity contribution in [3.8, 4) is 5.75 Å². The molecule has 1 fully saturated rings. The van der Waals surface area contributed by atoms with E-state index in [-0.39, 0.29) is 5.69 Å². The average Bonchev–Trinajstić information content (AvgIpc) is 3.30. The first kappa shape index (κ1) is 17.8. The molecule has 2 amide bonds. The minimum absolute atomic E-state index is 0.0535. The number of nitrogens with zero attached hydrogens (tertiary/aromatic N) is 1. The van der Waals surface area contributed by atoms with Crippen molar-refractivity contribution in [3.63, 3.8) is 0 Å². The first-order chi connectivity index (χ1) is 11.7. The summed E-state index contributed by atoms with van der Waals surface area (Å²) in [5, 5.41) is 2.52. The van der Waals surface area contributed by atoms with Gasteiger partial charge < -0.3 is 15.0 Å². The smallest absolute Gasteiger partial charge is 0.409 e. The lowest BCUT2D eigenvalue weighted by Gasteiger charge is -2.31. The maximum absolute atomic E-state index is 13.8. The maximum atomic E-state index is 13.8. The summed E-state index contributed by atoms with van der Waals surface area (Å²) in [6.07, 6.45) is -5.74. The fraction of sp³-hybridized carbons (Fsp3) is 0.562. The third-order valence-electron chi connectivity index (χ3n) is 3.98.